The van der Waals surface area contributed by atoms with Gasteiger partial charge in [-0.05, 0) is 25.1 Å². The molecule has 0 saturated carbocycles. The Morgan fingerprint density at radius 2 is 1.96 bits per heavy atom. The number of nitrogens with one attached hydrogen (secondary N) is 3. The van der Waals surface area contributed by atoms with Crippen molar-refractivity contribution in [3.8, 4) is 0 Å². The van der Waals surface area contributed by atoms with Crippen LogP contribution in [0, 0.1) is 6.92 Å². The van der Waals surface area contributed by atoms with Crippen molar-refractivity contribution >= 4 is 34.9 Å². The van der Waals surface area contributed by atoms with Gasteiger partial charge in [0.05, 0.1) is 6.20 Å². The third kappa shape index (κ3) is 4.03. The fraction of sp³-hybridized carbons (Fsp3) is 0.133. The molecule has 1 amide bonds. The minimum absolute atomic E-state index is 0.140. The highest BCUT2D eigenvalue weighted by Gasteiger charge is 2.05. The van der Waals surface area contributed by atoms with Gasteiger partial charge in [-0.3, -0.25) is 4.79 Å². The number of anilines is 5. The van der Waals surface area contributed by atoms with Gasteiger partial charge < -0.3 is 20.5 Å². The number of benzene rings is 1. The molecule has 122 valence electrons. The van der Waals surface area contributed by atoms with Crippen molar-refractivity contribution in [1.82, 2.24) is 20.3 Å². The highest BCUT2D eigenvalue weighted by Crippen LogP contribution is 2.19. The number of carbonyl (C=O) groups is 1. The first-order chi connectivity index (χ1) is 11.6. The zero-order chi connectivity index (χ0) is 16.9. The van der Waals surface area contributed by atoms with Crippen molar-refractivity contribution in [3.05, 3.63) is 42.3 Å². The zero-order valence-electron chi connectivity index (χ0n) is 13.1. The fourth-order valence-corrected chi connectivity index (χ4v) is 1.98. The second kappa shape index (κ2) is 6.73. The number of nitrogens with zero attached hydrogens (tertiary/aromatic N) is 4. The van der Waals surface area contributed by atoms with Gasteiger partial charge in [-0.15, -0.1) is 5.10 Å². The van der Waals surface area contributed by atoms with Gasteiger partial charge in [0.2, 0.25) is 11.9 Å². The van der Waals surface area contributed by atoms with Crippen LogP contribution in [0.25, 0.3) is 0 Å². The molecule has 2 heterocycles. The molecule has 0 unspecified atom stereocenters. The van der Waals surface area contributed by atoms with E-state index in [1.54, 1.807) is 31.2 Å². The van der Waals surface area contributed by atoms with E-state index in [9.17, 15) is 4.79 Å². The molecule has 2 aromatic heterocycles. The van der Waals surface area contributed by atoms with Gasteiger partial charge in [0.15, 0.2) is 11.6 Å². The lowest BCUT2D eigenvalue weighted by Crippen LogP contribution is -2.06. The predicted octanol–water partition coefficient (Wildman–Crippen LogP) is 2.61. The molecule has 3 rings (SSSR count). The lowest BCUT2D eigenvalue weighted by Gasteiger charge is -2.08. The molecule has 3 aromatic rings. The summed E-state index contributed by atoms with van der Waals surface area (Å²) in [6, 6.07) is 8.94. The summed E-state index contributed by atoms with van der Waals surface area (Å²) in [5.41, 5.74) is 1.39. The van der Waals surface area contributed by atoms with Gasteiger partial charge in [-0.25, -0.2) is 0 Å². The molecule has 0 fully saturated rings. The van der Waals surface area contributed by atoms with Crippen LogP contribution in [-0.4, -0.2) is 26.2 Å². The highest BCUT2D eigenvalue weighted by atomic mass is 16.5. The standard InChI is InChI=1S/C15H15N7O2/c1-9-6-13(22-24-9)19-14-8-16-21-15(20-14)18-12-5-3-4-11(7-12)17-10(2)23/h3-8H,1-2H3,(H,17,23)(H2,18,19,20,21,22). The molecular weight excluding hydrogens is 310 g/mol. The van der Waals surface area contributed by atoms with Crippen LogP contribution >= 0.6 is 0 Å². The van der Waals surface area contributed by atoms with Crippen LogP contribution in [-0.2, 0) is 4.79 Å². The van der Waals surface area contributed by atoms with Crippen molar-refractivity contribution in [2.45, 2.75) is 13.8 Å². The fourth-order valence-electron chi connectivity index (χ4n) is 1.98. The second-order valence-electron chi connectivity index (χ2n) is 5.00. The molecular formula is C15H15N7O2. The maximum Gasteiger partial charge on any atom is 0.249 e. The van der Waals surface area contributed by atoms with E-state index >= 15 is 0 Å². The minimum atomic E-state index is -0.140. The summed E-state index contributed by atoms with van der Waals surface area (Å²) >= 11 is 0. The largest absolute Gasteiger partial charge is 0.360 e. The summed E-state index contributed by atoms with van der Waals surface area (Å²) in [6.07, 6.45) is 1.48. The summed E-state index contributed by atoms with van der Waals surface area (Å²) in [4.78, 5) is 15.4. The lowest BCUT2D eigenvalue weighted by atomic mass is 10.3. The van der Waals surface area contributed by atoms with Crippen molar-refractivity contribution < 1.29 is 9.32 Å². The van der Waals surface area contributed by atoms with Crippen LogP contribution in [0.3, 0.4) is 0 Å². The van der Waals surface area contributed by atoms with Crippen molar-refractivity contribution in [3.63, 3.8) is 0 Å². The quantitative estimate of drug-likeness (QED) is 0.655. The summed E-state index contributed by atoms with van der Waals surface area (Å²) in [7, 11) is 0. The summed E-state index contributed by atoms with van der Waals surface area (Å²) < 4.78 is 4.98. The molecule has 0 aliphatic heterocycles. The Bertz CT molecular complexity index is 862. The summed E-state index contributed by atoms with van der Waals surface area (Å²) in [5.74, 6) is 1.86. The van der Waals surface area contributed by atoms with E-state index in [0.717, 1.165) is 5.69 Å². The van der Waals surface area contributed by atoms with Crippen LogP contribution in [0.2, 0.25) is 0 Å². The number of hydrogen-bond donors (Lipinski definition) is 3. The third-order valence-electron chi connectivity index (χ3n) is 2.88. The smallest absolute Gasteiger partial charge is 0.249 e. The second-order valence-corrected chi connectivity index (χ2v) is 5.00. The van der Waals surface area contributed by atoms with Crippen molar-refractivity contribution in [2.24, 2.45) is 0 Å². The Morgan fingerprint density at radius 3 is 2.71 bits per heavy atom. The van der Waals surface area contributed by atoms with Crippen LogP contribution in [0.4, 0.5) is 29.0 Å². The molecule has 0 aliphatic carbocycles. The Kier molecular flexibility index (Phi) is 4.32. The first-order valence-corrected chi connectivity index (χ1v) is 7.13. The number of aromatic nitrogens is 4. The molecule has 9 heteroatoms. The normalized spacial score (nSPS) is 10.2. The number of aryl methyl sites for hydroxylation is 1. The van der Waals surface area contributed by atoms with Gasteiger partial charge >= 0.3 is 0 Å². The molecule has 0 saturated heterocycles. The molecule has 0 bridgehead atoms. The first-order valence-electron chi connectivity index (χ1n) is 7.13. The monoisotopic (exact) mass is 325 g/mol. The third-order valence-corrected chi connectivity index (χ3v) is 2.88. The van der Waals surface area contributed by atoms with E-state index in [2.05, 4.69) is 36.3 Å². The van der Waals surface area contributed by atoms with Gasteiger partial charge in [-0.2, -0.15) is 10.1 Å². The molecule has 0 aliphatic rings. The number of amides is 1. The Balaban J connectivity index is 1.73. The molecule has 0 atom stereocenters. The van der Waals surface area contributed by atoms with Gasteiger partial charge in [0.25, 0.3) is 0 Å². The lowest BCUT2D eigenvalue weighted by molar-refractivity contribution is -0.114. The summed E-state index contributed by atoms with van der Waals surface area (Å²) in [5, 5.41) is 20.4. The number of hydrogen-bond acceptors (Lipinski definition) is 8. The number of rotatable bonds is 5. The van der Waals surface area contributed by atoms with E-state index in [1.165, 1.54) is 13.1 Å². The molecule has 24 heavy (non-hydrogen) atoms. The maximum absolute atomic E-state index is 11.1. The molecule has 9 nitrogen and oxygen atoms in total. The van der Waals surface area contributed by atoms with Gasteiger partial charge in [0, 0.05) is 24.4 Å². The van der Waals surface area contributed by atoms with Crippen LogP contribution in [0.15, 0.2) is 41.1 Å². The highest BCUT2D eigenvalue weighted by molar-refractivity contribution is 5.89. The van der Waals surface area contributed by atoms with Crippen LogP contribution < -0.4 is 16.0 Å². The average Bonchev–Trinajstić information content (AvgIpc) is 2.92. The Morgan fingerprint density at radius 1 is 1.12 bits per heavy atom. The molecule has 1 aromatic carbocycles. The average molecular weight is 325 g/mol. The predicted molar refractivity (Wildman–Crippen MR) is 88.4 cm³/mol. The SMILES string of the molecule is CC(=O)Nc1cccc(Nc2nncc(Nc3cc(C)on3)n2)c1. The molecule has 3 N–H and O–H groups in total. The van der Waals surface area contributed by atoms with Crippen LogP contribution in [0.5, 0.6) is 0 Å². The topological polar surface area (TPSA) is 118 Å². The van der Waals surface area contributed by atoms with E-state index < -0.39 is 0 Å². The Hall–Kier alpha value is -3.49. The zero-order valence-corrected chi connectivity index (χ0v) is 13.1. The van der Waals surface area contributed by atoms with E-state index in [4.69, 9.17) is 4.52 Å². The van der Waals surface area contributed by atoms with E-state index in [0.29, 0.717) is 29.0 Å². The summed E-state index contributed by atoms with van der Waals surface area (Å²) in [6.45, 7) is 3.25. The van der Waals surface area contributed by atoms with Crippen LogP contribution in [0.1, 0.15) is 12.7 Å². The van der Waals surface area contributed by atoms with E-state index in [-0.39, 0.29) is 5.91 Å². The first kappa shape index (κ1) is 15.4. The maximum atomic E-state index is 11.1. The minimum Gasteiger partial charge on any atom is -0.360 e. The van der Waals surface area contributed by atoms with Gasteiger partial charge in [-0.1, -0.05) is 11.2 Å². The van der Waals surface area contributed by atoms with Crippen molar-refractivity contribution in [2.75, 3.05) is 16.0 Å². The van der Waals surface area contributed by atoms with Gasteiger partial charge in [0.1, 0.15) is 5.76 Å². The van der Waals surface area contributed by atoms with E-state index in [1.807, 2.05) is 6.07 Å². The Labute approximate surface area is 137 Å². The van der Waals surface area contributed by atoms with Crippen molar-refractivity contribution in [1.29, 1.82) is 0 Å². The molecule has 0 spiro atoms. The molecule has 0 radical (unpaired) electrons. The number of carbonyl (C=O) groups excluding carboxylic acids is 1.